The molecule has 0 amide bonds. The zero-order valence-electron chi connectivity index (χ0n) is 11.1. The summed E-state index contributed by atoms with van der Waals surface area (Å²) in [4.78, 5) is 0. The Kier molecular flexibility index (Phi) is 8.19. The maximum absolute atomic E-state index is 9.50. The molecule has 1 aromatic rings. The number of aliphatic hydroxyl groups excluding tert-OH is 1. The topological polar surface area (TPSA) is 29.5 Å². The van der Waals surface area contributed by atoms with Crippen LogP contribution >= 0.6 is 0 Å². The van der Waals surface area contributed by atoms with E-state index in [-0.39, 0.29) is 6.10 Å². The molecule has 1 atom stereocenters. The largest absolute Gasteiger partial charge is 0.393 e. The first-order chi connectivity index (χ1) is 8.83. The van der Waals surface area contributed by atoms with E-state index < -0.39 is 0 Å². The molecule has 1 aromatic carbocycles. The van der Waals surface area contributed by atoms with Crippen LogP contribution in [0.1, 0.15) is 37.7 Å². The molecule has 100 valence electrons. The second-order valence-electron chi connectivity index (χ2n) is 4.57. The van der Waals surface area contributed by atoms with Crippen molar-refractivity contribution in [3.8, 4) is 0 Å². The molecule has 0 aliphatic carbocycles. The lowest BCUT2D eigenvalue weighted by atomic mass is 10.1. The predicted octanol–water partition coefficient (Wildman–Crippen LogP) is 3.70. The summed E-state index contributed by atoms with van der Waals surface area (Å²) in [5.41, 5.74) is 1.22. The second-order valence-corrected chi connectivity index (χ2v) is 4.57. The summed E-state index contributed by atoms with van der Waals surface area (Å²) < 4.78 is 5.60. The van der Waals surface area contributed by atoms with Gasteiger partial charge in [-0.2, -0.15) is 0 Å². The van der Waals surface area contributed by atoms with Crippen molar-refractivity contribution in [1.82, 2.24) is 0 Å². The van der Waals surface area contributed by atoms with Crippen LogP contribution in [0, 0.1) is 0 Å². The van der Waals surface area contributed by atoms with Gasteiger partial charge < -0.3 is 9.84 Å². The van der Waals surface area contributed by atoms with E-state index in [1.54, 1.807) is 6.08 Å². The van der Waals surface area contributed by atoms with E-state index in [0.29, 0.717) is 13.0 Å². The Labute approximate surface area is 110 Å². The van der Waals surface area contributed by atoms with Gasteiger partial charge in [0.2, 0.25) is 0 Å². The Morgan fingerprint density at radius 3 is 2.67 bits per heavy atom. The van der Waals surface area contributed by atoms with Gasteiger partial charge >= 0.3 is 0 Å². The number of rotatable bonds is 10. The first kappa shape index (κ1) is 14.9. The molecule has 0 aromatic heterocycles. The van der Waals surface area contributed by atoms with Crippen LogP contribution in [0.5, 0.6) is 0 Å². The highest BCUT2D eigenvalue weighted by Gasteiger charge is 2.00. The van der Waals surface area contributed by atoms with Crippen molar-refractivity contribution in [2.24, 2.45) is 0 Å². The van der Waals surface area contributed by atoms with Gasteiger partial charge in [-0.15, -0.1) is 6.58 Å². The average Bonchev–Trinajstić information content (AvgIpc) is 2.39. The summed E-state index contributed by atoms with van der Waals surface area (Å²) in [6.07, 6.45) is 6.36. The molecule has 0 spiro atoms. The lowest BCUT2D eigenvalue weighted by molar-refractivity contribution is 0.114. The number of aliphatic hydroxyl groups is 1. The molecule has 0 fully saturated rings. The average molecular weight is 248 g/mol. The molecule has 2 nitrogen and oxygen atoms in total. The van der Waals surface area contributed by atoms with Crippen molar-refractivity contribution in [2.45, 2.75) is 44.8 Å². The SMILES string of the molecule is C=CC[C@@H](O)CCCCCOCc1ccccc1. The fraction of sp³-hybridized carbons (Fsp3) is 0.500. The summed E-state index contributed by atoms with van der Waals surface area (Å²) in [7, 11) is 0. The fourth-order valence-corrected chi connectivity index (χ4v) is 1.84. The monoisotopic (exact) mass is 248 g/mol. The summed E-state index contributed by atoms with van der Waals surface area (Å²) in [6.45, 7) is 5.11. The first-order valence-corrected chi connectivity index (χ1v) is 6.73. The molecular formula is C16H24O2. The predicted molar refractivity (Wildman–Crippen MR) is 75.4 cm³/mol. The lowest BCUT2D eigenvalue weighted by Crippen LogP contribution is -2.04. The molecule has 0 saturated heterocycles. The van der Waals surface area contributed by atoms with Gasteiger partial charge in [0.1, 0.15) is 0 Å². The van der Waals surface area contributed by atoms with Crippen molar-refractivity contribution in [3.05, 3.63) is 48.6 Å². The minimum atomic E-state index is -0.215. The van der Waals surface area contributed by atoms with Gasteiger partial charge in [-0.05, 0) is 24.8 Å². The van der Waals surface area contributed by atoms with Crippen LogP contribution in [0.25, 0.3) is 0 Å². The molecule has 18 heavy (non-hydrogen) atoms. The summed E-state index contributed by atoms with van der Waals surface area (Å²) in [5.74, 6) is 0. The van der Waals surface area contributed by atoms with Crippen LogP contribution < -0.4 is 0 Å². The Morgan fingerprint density at radius 2 is 1.94 bits per heavy atom. The minimum Gasteiger partial charge on any atom is -0.393 e. The number of hydrogen-bond acceptors (Lipinski definition) is 2. The zero-order chi connectivity index (χ0) is 13.1. The van der Waals surface area contributed by atoms with Crippen molar-refractivity contribution in [2.75, 3.05) is 6.61 Å². The van der Waals surface area contributed by atoms with E-state index in [4.69, 9.17) is 4.74 Å². The van der Waals surface area contributed by atoms with E-state index >= 15 is 0 Å². The standard InChI is InChI=1S/C16H24O2/c1-2-9-16(17)12-7-4-8-13-18-14-15-10-5-3-6-11-15/h2-3,5-6,10-11,16-17H,1,4,7-9,12-14H2/t16-/m1/s1. The Bertz CT molecular complexity index is 308. The van der Waals surface area contributed by atoms with E-state index in [1.807, 2.05) is 18.2 Å². The van der Waals surface area contributed by atoms with Crippen LogP contribution in [0.3, 0.4) is 0 Å². The molecule has 1 rings (SSSR count). The highest BCUT2D eigenvalue weighted by atomic mass is 16.5. The molecule has 0 heterocycles. The highest BCUT2D eigenvalue weighted by molar-refractivity contribution is 5.13. The molecule has 0 aliphatic rings. The summed E-state index contributed by atoms with van der Waals surface area (Å²) in [6, 6.07) is 10.2. The minimum absolute atomic E-state index is 0.215. The Hall–Kier alpha value is -1.12. The molecule has 0 radical (unpaired) electrons. The van der Waals surface area contributed by atoms with Gasteiger partial charge in [0.15, 0.2) is 0 Å². The van der Waals surface area contributed by atoms with Crippen molar-refractivity contribution >= 4 is 0 Å². The third-order valence-corrected chi connectivity index (χ3v) is 2.88. The van der Waals surface area contributed by atoms with Crippen molar-refractivity contribution < 1.29 is 9.84 Å². The second kappa shape index (κ2) is 9.86. The summed E-state index contributed by atoms with van der Waals surface area (Å²) in [5, 5.41) is 9.50. The third kappa shape index (κ3) is 7.25. The van der Waals surface area contributed by atoms with Gasteiger partial charge in [-0.1, -0.05) is 49.2 Å². The molecule has 1 N–H and O–H groups in total. The highest BCUT2D eigenvalue weighted by Crippen LogP contribution is 2.07. The molecule has 0 saturated carbocycles. The normalized spacial score (nSPS) is 12.3. The molecular weight excluding hydrogens is 224 g/mol. The van der Waals surface area contributed by atoms with E-state index in [2.05, 4.69) is 18.7 Å². The zero-order valence-corrected chi connectivity index (χ0v) is 11.1. The van der Waals surface area contributed by atoms with E-state index in [1.165, 1.54) is 5.56 Å². The van der Waals surface area contributed by atoms with Crippen molar-refractivity contribution in [1.29, 1.82) is 0 Å². The van der Waals surface area contributed by atoms with E-state index in [9.17, 15) is 5.11 Å². The van der Waals surface area contributed by atoms with E-state index in [0.717, 1.165) is 32.3 Å². The van der Waals surface area contributed by atoms with Gasteiger partial charge in [0.05, 0.1) is 12.7 Å². The Balaban J connectivity index is 1.91. The molecule has 0 bridgehead atoms. The Morgan fingerprint density at radius 1 is 1.17 bits per heavy atom. The number of ether oxygens (including phenoxy) is 1. The fourth-order valence-electron chi connectivity index (χ4n) is 1.84. The maximum Gasteiger partial charge on any atom is 0.0716 e. The number of benzene rings is 1. The van der Waals surface area contributed by atoms with Gasteiger partial charge in [-0.3, -0.25) is 0 Å². The quantitative estimate of drug-likeness (QED) is 0.505. The first-order valence-electron chi connectivity index (χ1n) is 6.73. The lowest BCUT2D eigenvalue weighted by Gasteiger charge is -2.07. The number of unbranched alkanes of at least 4 members (excludes halogenated alkanes) is 2. The number of hydrogen-bond donors (Lipinski definition) is 1. The van der Waals surface area contributed by atoms with Crippen LogP contribution in [0.15, 0.2) is 43.0 Å². The smallest absolute Gasteiger partial charge is 0.0716 e. The summed E-state index contributed by atoms with van der Waals surface area (Å²) >= 11 is 0. The molecule has 2 heteroatoms. The van der Waals surface area contributed by atoms with Crippen LogP contribution in [0.2, 0.25) is 0 Å². The van der Waals surface area contributed by atoms with Gasteiger partial charge in [-0.25, -0.2) is 0 Å². The van der Waals surface area contributed by atoms with Crippen LogP contribution in [-0.2, 0) is 11.3 Å². The van der Waals surface area contributed by atoms with Gasteiger partial charge in [0, 0.05) is 6.61 Å². The van der Waals surface area contributed by atoms with Gasteiger partial charge in [0.25, 0.3) is 0 Å². The molecule has 0 aliphatic heterocycles. The van der Waals surface area contributed by atoms with Crippen LogP contribution in [-0.4, -0.2) is 17.8 Å². The van der Waals surface area contributed by atoms with Crippen LogP contribution in [0.4, 0.5) is 0 Å². The third-order valence-electron chi connectivity index (χ3n) is 2.88. The van der Waals surface area contributed by atoms with Crippen molar-refractivity contribution in [3.63, 3.8) is 0 Å². The molecule has 0 unspecified atom stereocenters. The maximum atomic E-state index is 9.50.